The molecular formula is C15H25ClN2OS. The highest BCUT2D eigenvalue weighted by molar-refractivity contribution is 7.14. The number of hydrogen-bond donors (Lipinski definition) is 2. The van der Waals surface area contributed by atoms with Crippen LogP contribution in [0.25, 0.3) is 0 Å². The summed E-state index contributed by atoms with van der Waals surface area (Å²) >= 11 is 1.69. The van der Waals surface area contributed by atoms with Crippen molar-refractivity contribution in [1.82, 2.24) is 5.32 Å². The molecule has 1 aliphatic carbocycles. The summed E-state index contributed by atoms with van der Waals surface area (Å²) < 4.78 is 0. The number of thiophene rings is 1. The number of hydrogen-bond acceptors (Lipinski definition) is 3. The fourth-order valence-corrected chi connectivity index (χ4v) is 3.68. The van der Waals surface area contributed by atoms with Crippen molar-refractivity contribution in [2.75, 3.05) is 13.1 Å². The van der Waals surface area contributed by atoms with E-state index in [1.54, 1.807) is 11.3 Å². The van der Waals surface area contributed by atoms with Gasteiger partial charge < -0.3 is 11.1 Å². The summed E-state index contributed by atoms with van der Waals surface area (Å²) in [5.41, 5.74) is 6.86. The van der Waals surface area contributed by atoms with Crippen molar-refractivity contribution in [2.45, 2.75) is 51.4 Å². The van der Waals surface area contributed by atoms with Gasteiger partial charge in [-0.15, -0.1) is 23.7 Å². The Labute approximate surface area is 131 Å². The van der Waals surface area contributed by atoms with Crippen molar-refractivity contribution in [3.8, 4) is 0 Å². The van der Waals surface area contributed by atoms with E-state index >= 15 is 0 Å². The SMILES string of the molecule is Cl.NCCCCNC(=O)c1cc2c(s1)CCCCCC2. The number of amides is 1. The fraction of sp³-hybridized carbons (Fsp3) is 0.667. The van der Waals surface area contributed by atoms with Gasteiger partial charge in [0.1, 0.15) is 0 Å². The second-order valence-electron chi connectivity index (χ2n) is 5.22. The summed E-state index contributed by atoms with van der Waals surface area (Å²) in [7, 11) is 0. The van der Waals surface area contributed by atoms with Gasteiger partial charge in [-0.1, -0.05) is 12.8 Å². The van der Waals surface area contributed by atoms with Crippen LogP contribution in [0, 0.1) is 0 Å². The molecule has 3 N–H and O–H groups in total. The molecule has 3 nitrogen and oxygen atoms in total. The first kappa shape index (κ1) is 17.5. The van der Waals surface area contributed by atoms with Crippen molar-refractivity contribution < 1.29 is 4.79 Å². The van der Waals surface area contributed by atoms with Gasteiger partial charge in [-0.3, -0.25) is 4.79 Å². The molecular weight excluding hydrogens is 292 g/mol. The van der Waals surface area contributed by atoms with Gasteiger partial charge in [-0.05, 0) is 56.7 Å². The van der Waals surface area contributed by atoms with Crippen LogP contribution in [0.15, 0.2) is 6.07 Å². The van der Waals surface area contributed by atoms with Gasteiger partial charge in [-0.2, -0.15) is 0 Å². The van der Waals surface area contributed by atoms with E-state index in [1.807, 2.05) is 0 Å². The predicted molar refractivity (Wildman–Crippen MR) is 88.1 cm³/mol. The Hall–Kier alpha value is -0.580. The third-order valence-corrected chi connectivity index (χ3v) is 4.87. The Bertz CT molecular complexity index is 395. The molecule has 0 unspecified atom stereocenters. The van der Waals surface area contributed by atoms with E-state index in [-0.39, 0.29) is 18.3 Å². The van der Waals surface area contributed by atoms with Crippen LogP contribution in [0.2, 0.25) is 0 Å². The zero-order valence-corrected chi connectivity index (χ0v) is 13.6. The first-order valence-corrected chi connectivity index (χ1v) is 8.23. The number of aryl methyl sites for hydroxylation is 2. The minimum Gasteiger partial charge on any atom is -0.351 e. The standard InChI is InChI=1S/C15H24N2OS.ClH/c16-9-5-6-10-17-15(18)14-11-12-7-3-1-2-4-8-13(12)19-14;/h11H,1-10,16H2,(H,17,18);1H. The first-order valence-electron chi connectivity index (χ1n) is 7.41. The number of fused-ring (bicyclic) bond motifs is 1. The maximum absolute atomic E-state index is 12.1. The number of nitrogens with one attached hydrogen (secondary N) is 1. The summed E-state index contributed by atoms with van der Waals surface area (Å²) in [4.78, 5) is 14.4. The minimum atomic E-state index is 0. The Balaban J connectivity index is 0.00000200. The quantitative estimate of drug-likeness (QED) is 0.819. The lowest BCUT2D eigenvalue weighted by Crippen LogP contribution is -2.24. The number of carbonyl (C=O) groups is 1. The maximum Gasteiger partial charge on any atom is 0.261 e. The van der Waals surface area contributed by atoms with Crippen LogP contribution in [0.4, 0.5) is 0 Å². The number of rotatable bonds is 5. The van der Waals surface area contributed by atoms with E-state index in [0.717, 1.165) is 37.1 Å². The minimum absolute atomic E-state index is 0. The van der Waals surface area contributed by atoms with Gasteiger partial charge >= 0.3 is 0 Å². The lowest BCUT2D eigenvalue weighted by Gasteiger charge is -2.07. The van der Waals surface area contributed by atoms with E-state index in [1.165, 1.54) is 36.1 Å². The third kappa shape index (κ3) is 5.08. The maximum atomic E-state index is 12.1. The zero-order chi connectivity index (χ0) is 13.5. The molecule has 0 bridgehead atoms. The van der Waals surface area contributed by atoms with Crippen molar-refractivity contribution in [3.05, 3.63) is 21.4 Å². The second-order valence-corrected chi connectivity index (χ2v) is 6.36. The Morgan fingerprint density at radius 1 is 1.20 bits per heavy atom. The predicted octanol–water partition coefficient (Wildman–Crippen LogP) is 3.30. The van der Waals surface area contributed by atoms with Crippen LogP contribution in [-0.4, -0.2) is 19.0 Å². The lowest BCUT2D eigenvalue weighted by atomic mass is 10.00. The number of carbonyl (C=O) groups excluding carboxylic acids is 1. The molecule has 1 aromatic heterocycles. The highest BCUT2D eigenvalue weighted by atomic mass is 35.5. The topological polar surface area (TPSA) is 55.1 Å². The van der Waals surface area contributed by atoms with Crippen LogP contribution >= 0.6 is 23.7 Å². The molecule has 1 heterocycles. The number of halogens is 1. The van der Waals surface area contributed by atoms with Gasteiger partial charge in [0.25, 0.3) is 5.91 Å². The first-order chi connectivity index (χ1) is 9.31. The monoisotopic (exact) mass is 316 g/mol. The summed E-state index contributed by atoms with van der Waals surface area (Å²) in [5, 5.41) is 2.99. The normalized spacial score (nSPS) is 14.7. The average Bonchev–Trinajstić information content (AvgIpc) is 2.77. The van der Waals surface area contributed by atoms with Crippen molar-refractivity contribution in [1.29, 1.82) is 0 Å². The molecule has 2 rings (SSSR count). The van der Waals surface area contributed by atoms with Crippen LogP contribution in [-0.2, 0) is 12.8 Å². The molecule has 1 amide bonds. The molecule has 0 aromatic carbocycles. The van der Waals surface area contributed by atoms with Gasteiger partial charge in [0.05, 0.1) is 4.88 Å². The molecule has 0 saturated heterocycles. The molecule has 5 heteroatoms. The Morgan fingerprint density at radius 3 is 2.70 bits per heavy atom. The van der Waals surface area contributed by atoms with Gasteiger partial charge in [0, 0.05) is 11.4 Å². The Kier molecular flexibility index (Phi) is 8.19. The molecule has 0 saturated carbocycles. The van der Waals surface area contributed by atoms with Crippen LogP contribution < -0.4 is 11.1 Å². The Morgan fingerprint density at radius 2 is 1.95 bits per heavy atom. The fourth-order valence-electron chi connectivity index (χ4n) is 2.51. The van der Waals surface area contributed by atoms with Crippen molar-refractivity contribution >= 4 is 29.7 Å². The summed E-state index contributed by atoms with van der Waals surface area (Å²) in [6.07, 6.45) is 9.43. The van der Waals surface area contributed by atoms with E-state index in [9.17, 15) is 4.79 Å². The van der Waals surface area contributed by atoms with E-state index < -0.39 is 0 Å². The summed E-state index contributed by atoms with van der Waals surface area (Å²) in [6.45, 7) is 1.43. The number of nitrogens with two attached hydrogens (primary N) is 1. The molecule has 1 aliphatic rings. The molecule has 114 valence electrons. The smallest absolute Gasteiger partial charge is 0.261 e. The van der Waals surface area contributed by atoms with Crippen molar-refractivity contribution in [2.24, 2.45) is 5.73 Å². The highest BCUT2D eigenvalue weighted by Gasteiger charge is 2.15. The van der Waals surface area contributed by atoms with E-state index in [2.05, 4.69) is 11.4 Å². The molecule has 0 spiro atoms. The van der Waals surface area contributed by atoms with Crippen molar-refractivity contribution in [3.63, 3.8) is 0 Å². The zero-order valence-electron chi connectivity index (χ0n) is 12.0. The molecule has 20 heavy (non-hydrogen) atoms. The van der Waals surface area contributed by atoms with Crippen LogP contribution in [0.1, 0.15) is 58.6 Å². The highest BCUT2D eigenvalue weighted by Crippen LogP contribution is 2.28. The largest absolute Gasteiger partial charge is 0.351 e. The van der Waals surface area contributed by atoms with Gasteiger partial charge in [0.2, 0.25) is 0 Å². The van der Waals surface area contributed by atoms with E-state index in [0.29, 0.717) is 6.54 Å². The van der Waals surface area contributed by atoms with Gasteiger partial charge in [-0.25, -0.2) is 0 Å². The van der Waals surface area contributed by atoms with Crippen LogP contribution in [0.3, 0.4) is 0 Å². The molecule has 0 atom stereocenters. The molecule has 0 aliphatic heterocycles. The molecule has 0 radical (unpaired) electrons. The molecule has 0 fully saturated rings. The average molecular weight is 317 g/mol. The summed E-state index contributed by atoms with van der Waals surface area (Å²) in [5.74, 6) is 0.0915. The lowest BCUT2D eigenvalue weighted by molar-refractivity contribution is 0.0957. The number of unbranched alkanes of at least 4 members (excludes halogenated alkanes) is 1. The van der Waals surface area contributed by atoms with Crippen LogP contribution in [0.5, 0.6) is 0 Å². The molecule has 1 aromatic rings. The summed E-state index contributed by atoms with van der Waals surface area (Å²) in [6, 6.07) is 2.11. The third-order valence-electron chi connectivity index (χ3n) is 3.64. The van der Waals surface area contributed by atoms with Gasteiger partial charge in [0.15, 0.2) is 0 Å². The second kappa shape index (κ2) is 9.37. The van der Waals surface area contributed by atoms with E-state index in [4.69, 9.17) is 5.73 Å².